The quantitative estimate of drug-likeness (QED) is 0.490. The molecule has 1 amide bonds. The maximum absolute atomic E-state index is 12.7. The number of nitrogens with zero attached hydrogens (tertiary/aromatic N) is 3. The van der Waals surface area contributed by atoms with Gasteiger partial charge >= 0.3 is 0 Å². The lowest BCUT2D eigenvalue weighted by Gasteiger charge is -2.25. The fraction of sp³-hybridized carbons (Fsp3) is 0.286. The van der Waals surface area contributed by atoms with E-state index in [2.05, 4.69) is 15.5 Å². The zero-order valence-electron chi connectivity index (χ0n) is 17.0. The lowest BCUT2D eigenvalue weighted by Crippen LogP contribution is -2.35. The van der Waals surface area contributed by atoms with Crippen LogP contribution in [0.5, 0.6) is 0 Å². The standard InChI is InChI=1S/C21H21ClN4O4S2/c22-16-6-4-15(5-7-16)20-24-25-21(30-20)31-14-19(27)23-17-8-10-18(11-9-17)32(28,29)26-12-2-1-3-13-26/h4-11H,1-3,12-14H2,(H,23,27). The van der Waals surface area contributed by atoms with Gasteiger partial charge in [-0.15, -0.1) is 10.2 Å². The smallest absolute Gasteiger partial charge is 0.277 e. The van der Waals surface area contributed by atoms with E-state index in [0.29, 0.717) is 29.7 Å². The van der Waals surface area contributed by atoms with Gasteiger partial charge in [0.1, 0.15) is 0 Å². The van der Waals surface area contributed by atoms with Crippen molar-refractivity contribution in [2.75, 3.05) is 24.2 Å². The third kappa shape index (κ3) is 5.50. The average Bonchev–Trinajstić information content (AvgIpc) is 3.28. The SMILES string of the molecule is O=C(CSc1nnc(-c2ccc(Cl)cc2)o1)Nc1ccc(S(=O)(=O)N2CCCCC2)cc1. The van der Waals surface area contributed by atoms with E-state index in [1.165, 1.54) is 16.4 Å². The number of aromatic nitrogens is 2. The molecule has 8 nitrogen and oxygen atoms in total. The molecule has 0 atom stereocenters. The normalized spacial score (nSPS) is 14.9. The van der Waals surface area contributed by atoms with Crippen LogP contribution in [0.4, 0.5) is 5.69 Å². The number of sulfonamides is 1. The summed E-state index contributed by atoms with van der Waals surface area (Å²) in [4.78, 5) is 12.5. The Kier molecular flexibility index (Phi) is 7.14. The van der Waals surface area contributed by atoms with Crippen LogP contribution in [0.25, 0.3) is 11.5 Å². The summed E-state index contributed by atoms with van der Waals surface area (Å²) in [6, 6.07) is 13.2. The summed E-state index contributed by atoms with van der Waals surface area (Å²) >= 11 is 6.99. The number of hydrogen-bond acceptors (Lipinski definition) is 7. The van der Waals surface area contributed by atoms with Crippen molar-refractivity contribution >= 4 is 45.0 Å². The largest absolute Gasteiger partial charge is 0.411 e. The zero-order valence-corrected chi connectivity index (χ0v) is 19.4. The van der Waals surface area contributed by atoms with Crippen LogP contribution in [0.15, 0.2) is 63.1 Å². The monoisotopic (exact) mass is 492 g/mol. The van der Waals surface area contributed by atoms with E-state index in [1.54, 1.807) is 36.4 Å². The van der Waals surface area contributed by atoms with E-state index < -0.39 is 10.0 Å². The predicted octanol–water partition coefficient (Wildman–Crippen LogP) is 4.30. The molecule has 11 heteroatoms. The molecule has 0 radical (unpaired) electrons. The van der Waals surface area contributed by atoms with E-state index in [0.717, 1.165) is 36.6 Å². The van der Waals surface area contributed by atoms with Crippen LogP contribution in [0.3, 0.4) is 0 Å². The number of benzene rings is 2. The van der Waals surface area contributed by atoms with Crippen molar-refractivity contribution in [3.63, 3.8) is 0 Å². The fourth-order valence-electron chi connectivity index (χ4n) is 3.27. The summed E-state index contributed by atoms with van der Waals surface area (Å²) in [5.74, 6) is 0.138. The topological polar surface area (TPSA) is 105 Å². The highest BCUT2D eigenvalue weighted by Gasteiger charge is 2.25. The van der Waals surface area contributed by atoms with Gasteiger partial charge in [0, 0.05) is 29.4 Å². The number of thioether (sulfide) groups is 1. The lowest BCUT2D eigenvalue weighted by molar-refractivity contribution is -0.113. The number of nitrogens with one attached hydrogen (secondary N) is 1. The first-order valence-electron chi connectivity index (χ1n) is 10.0. The van der Waals surface area contributed by atoms with Gasteiger partial charge in [-0.1, -0.05) is 29.8 Å². The Morgan fingerprint density at radius 3 is 2.41 bits per heavy atom. The Hall–Kier alpha value is -2.40. The first kappa shape index (κ1) is 22.8. The summed E-state index contributed by atoms with van der Waals surface area (Å²) in [5, 5.41) is 11.5. The van der Waals surface area contributed by atoms with Crippen molar-refractivity contribution in [3.05, 3.63) is 53.6 Å². The number of amides is 1. The molecule has 168 valence electrons. The van der Waals surface area contributed by atoms with Gasteiger partial charge in [0.15, 0.2) is 0 Å². The van der Waals surface area contributed by atoms with Crippen LogP contribution >= 0.6 is 23.4 Å². The highest BCUT2D eigenvalue weighted by Crippen LogP contribution is 2.25. The molecule has 1 N–H and O–H groups in total. The van der Waals surface area contributed by atoms with Crippen molar-refractivity contribution in [1.82, 2.24) is 14.5 Å². The first-order chi connectivity index (χ1) is 15.4. The molecule has 0 unspecified atom stereocenters. The Labute approximate surface area is 195 Å². The highest BCUT2D eigenvalue weighted by atomic mass is 35.5. The maximum Gasteiger partial charge on any atom is 0.277 e. The van der Waals surface area contributed by atoms with Gasteiger partial charge in [-0.05, 0) is 61.4 Å². The van der Waals surface area contributed by atoms with Crippen molar-refractivity contribution in [2.45, 2.75) is 29.4 Å². The third-order valence-corrected chi connectivity index (χ3v) is 7.90. The van der Waals surface area contributed by atoms with Gasteiger partial charge in [-0.2, -0.15) is 4.31 Å². The van der Waals surface area contributed by atoms with Crippen LogP contribution in [-0.4, -0.2) is 47.7 Å². The molecular weight excluding hydrogens is 472 g/mol. The molecular formula is C21H21ClN4O4S2. The minimum absolute atomic E-state index is 0.0656. The van der Waals surface area contributed by atoms with E-state index in [-0.39, 0.29) is 21.8 Å². The number of rotatable bonds is 7. The molecule has 2 aromatic carbocycles. The summed E-state index contributed by atoms with van der Waals surface area (Å²) in [7, 11) is -3.49. The first-order valence-corrected chi connectivity index (χ1v) is 12.8. The number of carbonyl (C=O) groups excluding carboxylic acids is 1. The van der Waals surface area contributed by atoms with Crippen molar-refractivity contribution in [3.8, 4) is 11.5 Å². The van der Waals surface area contributed by atoms with E-state index in [9.17, 15) is 13.2 Å². The van der Waals surface area contributed by atoms with Crippen molar-refractivity contribution in [2.24, 2.45) is 0 Å². The maximum atomic E-state index is 12.7. The van der Waals surface area contributed by atoms with Gasteiger partial charge < -0.3 is 9.73 Å². The Balaban J connectivity index is 1.31. The molecule has 1 aromatic heterocycles. The van der Waals surface area contributed by atoms with Crippen LogP contribution in [0.1, 0.15) is 19.3 Å². The predicted molar refractivity (Wildman–Crippen MR) is 123 cm³/mol. The number of carbonyl (C=O) groups is 1. The Bertz CT molecular complexity index is 1180. The molecule has 0 aliphatic carbocycles. The Morgan fingerprint density at radius 2 is 1.72 bits per heavy atom. The number of halogens is 1. The molecule has 1 fully saturated rings. The second kappa shape index (κ2) is 10.0. The average molecular weight is 493 g/mol. The second-order valence-corrected chi connectivity index (χ2v) is 10.5. The molecule has 0 spiro atoms. The molecule has 32 heavy (non-hydrogen) atoms. The number of piperidine rings is 1. The van der Waals surface area contributed by atoms with Gasteiger partial charge in [-0.3, -0.25) is 4.79 Å². The van der Waals surface area contributed by atoms with Crippen LogP contribution < -0.4 is 5.32 Å². The summed E-state index contributed by atoms with van der Waals surface area (Å²) in [6.45, 7) is 1.10. The number of hydrogen-bond donors (Lipinski definition) is 1. The molecule has 0 bridgehead atoms. The van der Waals surface area contributed by atoms with Gasteiger partial charge in [0.25, 0.3) is 5.22 Å². The molecule has 1 saturated heterocycles. The zero-order chi connectivity index (χ0) is 22.6. The van der Waals surface area contributed by atoms with Gasteiger partial charge in [0.05, 0.1) is 10.6 Å². The minimum Gasteiger partial charge on any atom is -0.411 e. The third-order valence-electron chi connectivity index (χ3n) is 4.92. The minimum atomic E-state index is -3.49. The van der Waals surface area contributed by atoms with Crippen LogP contribution in [-0.2, 0) is 14.8 Å². The molecule has 1 aliphatic heterocycles. The molecule has 1 aliphatic rings. The van der Waals surface area contributed by atoms with Gasteiger partial charge in [-0.25, -0.2) is 8.42 Å². The van der Waals surface area contributed by atoms with E-state index in [4.69, 9.17) is 16.0 Å². The molecule has 3 aromatic rings. The summed E-state index contributed by atoms with van der Waals surface area (Å²) in [5.41, 5.74) is 1.25. The number of anilines is 1. The fourth-order valence-corrected chi connectivity index (χ4v) is 5.47. The molecule has 0 saturated carbocycles. The van der Waals surface area contributed by atoms with Crippen molar-refractivity contribution in [1.29, 1.82) is 0 Å². The summed E-state index contributed by atoms with van der Waals surface area (Å²) in [6.07, 6.45) is 2.82. The van der Waals surface area contributed by atoms with E-state index in [1.807, 2.05) is 0 Å². The molecule has 4 rings (SSSR count). The van der Waals surface area contributed by atoms with Crippen LogP contribution in [0.2, 0.25) is 5.02 Å². The summed E-state index contributed by atoms with van der Waals surface area (Å²) < 4.78 is 32.5. The van der Waals surface area contributed by atoms with Gasteiger partial charge in [0.2, 0.25) is 21.8 Å². The van der Waals surface area contributed by atoms with Crippen LogP contribution in [0, 0.1) is 0 Å². The highest BCUT2D eigenvalue weighted by molar-refractivity contribution is 7.99. The Morgan fingerprint density at radius 1 is 1.03 bits per heavy atom. The van der Waals surface area contributed by atoms with Crippen molar-refractivity contribution < 1.29 is 17.6 Å². The van der Waals surface area contributed by atoms with E-state index >= 15 is 0 Å². The lowest BCUT2D eigenvalue weighted by atomic mass is 10.2. The molecule has 2 heterocycles. The second-order valence-electron chi connectivity index (χ2n) is 7.21.